The highest BCUT2D eigenvalue weighted by molar-refractivity contribution is 7.99. The molecular formula is C17H29NS. The van der Waals surface area contributed by atoms with Crippen LogP contribution in [0, 0.1) is 19.8 Å². The van der Waals surface area contributed by atoms with Crippen molar-refractivity contribution in [3.8, 4) is 0 Å². The average Bonchev–Trinajstić information content (AvgIpc) is 2.40. The highest BCUT2D eigenvalue weighted by Gasteiger charge is 2.15. The summed E-state index contributed by atoms with van der Waals surface area (Å²) < 4.78 is 0. The molecule has 0 heterocycles. The zero-order valence-electron chi connectivity index (χ0n) is 13.1. The van der Waals surface area contributed by atoms with Crippen LogP contribution in [0.25, 0.3) is 0 Å². The molecule has 1 aromatic rings. The summed E-state index contributed by atoms with van der Waals surface area (Å²) in [6, 6.07) is 7.38. The minimum atomic E-state index is 0.621. The van der Waals surface area contributed by atoms with E-state index in [2.05, 4.69) is 58.1 Å². The third kappa shape index (κ3) is 5.58. The monoisotopic (exact) mass is 279 g/mol. The molecule has 0 aliphatic heterocycles. The molecule has 108 valence electrons. The molecular weight excluding hydrogens is 250 g/mol. The van der Waals surface area contributed by atoms with E-state index in [0.717, 1.165) is 12.5 Å². The van der Waals surface area contributed by atoms with Crippen molar-refractivity contribution in [1.82, 2.24) is 5.32 Å². The first-order chi connectivity index (χ1) is 9.08. The molecule has 0 amide bonds. The van der Waals surface area contributed by atoms with E-state index in [0.29, 0.717) is 6.04 Å². The van der Waals surface area contributed by atoms with Gasteiger partial charge in [-0.3, -0.25) is 0 Å². The summed E-state index contributed by atoms with van der Waals surface area (Å²) in [7, 11) is 0. The van der Waals surface area contributed by atoms with Gasteiger partial charge < -0.3 is 5.32 Å². The largest absolute Gasteiger partial charge is 0.313 e. The van der Waals surface area contributed by atoms with E-state index in [9.17, 15) is 0 Å². The molecule has 1 N–H and O–H groups in total. The second-order valence-electron chi connectivity index (χ2n) is 5.53. The van der Waals surface area contributed by atoms with E-state index >= 15 is 0 Å². The van der Waals surface area contributed by atoms with Crippen molar-refractivity contribution in [1.29, 1.82) is 0 Å². The molecule has 1 aromatic carbocycles. The summed E-state index contributed by atoms with van der Waals surface area (Å²) in [6.07, 6.45) is 2.45. The van der Waals surface area contributed by atoms with Crippen molar-refractivity contribution in [3.63, 3.8) is 0 Å². The van der Waals surface area contributed by atoms with Gasteiger partial charge in [-0.1, -0.05) is 44.9 Å². The maximum absolute atomic E-state index is 3.70. The van der Waals surface area contributed by atoms with E-state index in [1.807, 2.05) is 11.8 Å². The molecule has 0 spiro atoms. The highest BCUT2D eigenvalue weighted by Crippen LogP contribution is 2.25. The Balaban J connectivity index is 2.59. The quantitative estimate of drug-likeness (QED) is 0.685. The highest BCUT2D eigenvalue weighted by atomic mass is 32.2. The van der Waals surface area contributed by atoms with Crippen molar-refractivity contribution in [3.05, 3.63) is 29.3 Å². The summed E-state index contributed by atoms with van der Waals surface area (Å²) in [5.41, 5.74) is 2.76. The SMILES string of the molecule is CCCNC(CSc1ccc(C)cc1C)C(C)CC. The maximum atomic E-state index is 3.70. The Labute approximate surface area is 123 Å². The lowest BCUT2D eigenvalue weighted by atomic mass is 10.0. The molecule has 0 bridgehead atoms. The standard InChI is InChI=1S/C17H29NS/c1-6-10-18-16(14(4)7-2)12-19-17-9-8-13(3)11-15(17)5/h8-9,11,14,16,18H,6-7,10,12H2,1-5H3. The lowest BCUT2D eigenvalue weighted by molar-refractivity contribution is 0.397. The Morgan fingerprint density at radius 2 is 1.95 bits per heavy atom. The zero-order valence-corrected chi connectivity index (χ0v) is 13.9. The fourth-order valence-electron chi connectivity index (χ4n) is 2.18. The van der Waals surface area contributed by atoms with Gasteiger partial charge in [0.25, 0.3) is 0 Å². The first-order valence-electron chi connectivity index (χ1n) is 7.51. The van der Waals surface area contributed by atoms with Crippen LogP contribution in [-0.4, -0.2) is 18.3 Å². The molecule has 19 heavy (non-hydrogen) atoms. The third-order valence-electron chi connectivity index (χ3n) is 3.74. The van der Waals surface area contributed by atoms with Crippen LogP contribution in [0.15, 0.2) is 23.1 Å². The van der Waals surface area contributed by atoms with Crippen LogP contribution in [0.2, 0.25) is 0 Å². The van der Waals surface area contributed by atoms with E-state index in [1.165, 1.54) is 34.6 Å². The van der Waals surface area contributed by atoms with Gasteiger partial charge in [0.05, 0.1) is 0 Å². The Bertz CT molecular complexity index is 376. The topological polar surface area (TPSA) is 12.0 Å². The summed E-state index contributed by atoms with van der Waals surface area (Å²) in [5.74, 6) is 1.91. The van der Waals surface area contributed by atoms with Crippen LogP contribution in [0.4, 0.5) is 0 Å². The van der Waals surface area contributed by atoms with Crippen LogP contribution >= 0.6 is 11.8 Å². The fourth-order valence-corrected chi connectivity index (χ4v) is 3.44. The predicted molar refractivity (Wildman–Crippen MR) is 88.2 cm³/mol. The Morgan fingerprint density at radius 1 is 1.21 bits per heavy atom. The van der Waals surface area contributed by atoms with Gasteiger partial charge in [-0.25, -0.2) is 0 Å². The number of hydrogen-bond donors (Lipinski definition) is 1. The fraction of sp³-hybridized carbons (Fsp3) is 0.647. The first kappa shape index (κ1) is 16.6. The normalized spacial score (nSPS) is 14.4. The Morgan fingerprint density at radius 3 is 2.53 bits per heavy atom. The smallest absolute Gasteiger partial charge is 0.0187 e. The molecule has 1 rings (SSSR count). The summed E-state index contributed by atoms with van der Waals surface area (Å²) in [5, 5.41) is 3.70. The average molecular weight is 279 g/mol. The van der Waals surface area contributed by atoms with Gasteiger partial charge in [-0.05, 0) is 44.4 Å². The van der Waals surface area contributed by atoms with Gasteiger partial charge in [0.2, 0.25) is 0 Å². The van der Waals surface area contributed by atoms with Crippen LogP contribution in [-0.2, 0) is 0 Å². The molecule has 0 radical (unpaired) electrons. The number of benzene rings is 1. The van der Waals surface area contributed by atoms with Gasteiger partial charge >= 0.3 is 0 Å². The van der Waals surface area contributed by atoms with Gasteiger partial charge in [0, 0.05) is 16.7 Å². The van der Waals surface area contributed by atoms with Crippen molar-refractivity contribution < 1.29 is 0 Å². The molecule has 2 atom stereocenters. The van der Waals surface area contributed by atoms with E-state index in [4.69, 9.17) is 0 Å². The molecule has 0 aromatic heterocycles. The van der Waals surface area contributed by atoms with Crippen LogP contribution in [0.1, 0.15) is 44.7 Å². The second-order valence-corrected chi connectivity index (χ2v) is 6.59. The lowest BCUT2D eigenvalue weighted by Gasteiger charge is -2.24. The van der Waals surface area contributed by atoms with Crippen LogP contribution in [0.3, 0.4) is 0 Å². The number of hydrogen-bond acceptors (Lipinski definition) is 2. The van der Waals surface area contributed by atoms with Gasteiger partial charge in [0.1, 0.15) is 0 Å². The zero-order chi connectivity index (χ0) is 14.3. The molecule has 2 unspecified atom stereocenters. The maximum Gasteiger partial charge on any atom is 0.0187 e. The Kier molecular flexibility index (Phi) is 7.55. The van der Waals surface area contributed by atoms with E-state index in [-0.39, 0.29) is 0 Å². The number of nitrogens with one attached hydrogen (secondary N) is 1. The second kappa shape index (κ2) is 8.65. The van der Waals surface area contributed by atoms with Crippen LogP contribution < -0.4 is 5.32 Å². The molecule has 1 nitrogen and oxygen atoms in total. The first-order valence-corrected chi connectivity index (χ1v) is 8.50. The molecule has 0 saturated heterocycles. The number of rotatable bonds is 8. The van der Waals surface area contributed by atoms with Crippen molar-refractivity contribution >= 4 is 11.8 Å². The molecule has 0 fully saturated rings. The molecule has 0 aliphatic rings. The summed E-state index contributed by atoms with van der Waals surface area (Å²) in [4.78, 5) is 1.43. The Hall–Kier alpha value is -0.470. The summed E-state index contributed by atoms with van der Waals surface area (Å²) in [6.45, 7) is 12.4. The molecule has 2 heteroatoms. The van der Waals surface area contributed by atoms with Crippen molar-refractivity contribution in [2.45, 2.75) is 58.4 Å². The van der Waals surface area contributed by atoms with Crippen LogP contribution in [0.5, 0.6) is 0 Å². The van der Waals surface area contributed by atoms with Gasteiger partial charge in [0.15, 0.2) is 0 Å². The van der Waals surface area contributed by atoms with Crippen molar-refractivity contribution in [2.24, 2.45) is 5.92 Å². The number of aryl methyl sites for hydroxylation is 2. The number of thioether (sulfide) groups is 1. The van der Waals surface area contributed by atoms with E-state index < -0.39 is 0 Å². The summed E-state index contributed by atoms with van der Waals surface area (Å²) >= 11 is 2.00. The molecule has 0 saturated carbocycles. The predicted octanol–water partition coefficient (Wildman–Crippen LogP) is 4.81. The van der Waals surface area contributed by atoms with Gasteiger partial charge in [-0.15, -0.1) is 11.8 Å². The van der Waals surface area contributed by atoms with Gasteiger partial charge in [-0.2, -0.15) is 0 Å². The van der Waals surface area contributed by atoms with E-state index in [1.54, 1.807) is 0 Å². The minimum Gasteiger partial charge on any atom is -0.313 e. The van der Waals surface area contributed by atoms with Crippen molar-refractivity contribution in [2.75, 3.05) is 12.3 Å². The molecule has 0 aliphatic carbocycles. The minimum absolute atomic E-state index is 0.621. The third-order valence-corrected chi connectivity index (χ3v) is 5.03. The lowest BCUT2D eigenvalue weighted by Crippen LogP contribution is -2.37.